The SMILES string of the molecule is CC.COCc1ccc(C(=O)O)s1.O=C1CCCN1CCc1cc(O)cc(O)c1. The zero-order valence-corrected chi connectivity index (χ0v) is 17.9. The summed E-state index contributed by atoms with van der Waals surface area (Å²) in [6.45, 7) is 5.96. The van der Waals surface area contributed by atoms with E-state index in [1.807, 2.05) is 18.7 Å². The van der Waals surface area contributed by atoms with E-state index in [4.69, 9.17) is 9.84 Å². The van der Waals surface area contributed by atoms with Crippen LogP contribution in [0.1, 0.15) is 46.8 Å². The molecule has 2 heterocycles. The number of hydrogen-bond acceptors (Lipinski definition) is 6. The molecule has 1 amide bonds. The van der Waals surface area contributed by atoms with E-state index in [2.05, 4.69) is 0 Å². The number of rotatable bonds is 6. The largest absolute Gasteiger partial charge is 0.508 e. The van der Waals surface area contributed by atoms with Gasteiger partial charge in [-0.3, -0.25) is 4.79 Å². The minimum absolute atomic E-state index is 0.0581. The van der Waals surface area contributed by atoms with Gasteiger partial charge in [0.25, 0.3) is 0 Å². The van der Waals surface area contributed by atoms with Crippen molar-refractivity contribution < 1.29 is 29.6 Å². The molecule has 1 aliphatic rings. The molecule has 0 radical (unpaired) electrons. The Morgan fingerprint density at radius 1 is 1.17 bits per heavy atom. The van der Waals surface area contributed by atoms with Crippen molar-refractivity contribution >= 4 is 23.2 Å². The van der Waals surface area contributed by atoms with Crippen LogP contribution in [0.15, 0.2) is 30.3 Å². The van der Waals surface area contributed by atoms with E-state index in [-0.39, 0.29) is 17.4 Å². The van der Waals surface area contributed by atoms with Crippen LogP contribution >= 0.6 is 11.3 Å². The van der Waals surface area contributed by atoms with E-state index >= 15 is 0 Å². The number of ether oxygens (including phenoxy) is 1. The molecule has 3 rings (SSSR count). The van der Waals surface area contributed by atoms with Crippen LogP contribution in [-0.4, -0.2) is 52.3 Å². The van der Waals surface area contributed by atoms with Crippen molar-refractivity contribution in [1.82, 2.24) is 4.90 Å². The second-order valence-corrected chi connectivity index (χ2v) is 7.26. The van der Waals surface area contributed by atoms with Gasteiger partial charge >= 0.3 is 5.97 Å². The Morgan fingerprint density at radius 2 is 1.83 bits per heavy atom. The van der Waals surface area contributed by atoms with E-state index < -0.39 is 5.97 Å². The van der Waals surface area contributed by atoms with Crippen LogP contribution in [0.3, 0.4) is 0 Å². The fraction of sp³-hybridized carbons (Fsp3) is 0.429. The summed E-state index contributed by atoms with van der Waals surface area (Å²) in [6.07, 6.45) is 2.24. The van der Waals surface area contributed by atoms with Gasteiger partial charge in [-0.2, -0.15) is 0 Å². The number of carboxylic acid groups (broad SMARTS) is 1. The molecule has 1 aliphatic heterocycles. The molecule has 3 N–H and O–H groups in total. The number of carbonyl (C=O) groups excluding carboxylic acids is 1. The third kappa shape index (κ3) is 8.53. The molecule has 1 aromatic heterocycles. The Kier molecular flexibility index (Phi) is 10.8. The zero-order valence-electron chi connectivity index (χ0n) is 17.1. The van der Waals surface area contributed by atoms with Crippen LogP contribution in [-0.2, 0) is 22.6 Å². The van der Waals surface area contributed by atoms with Crippen LogP contribution in [0.2, 0.25) is 0 Å². The standard InChI is InChI=1S/C12H15NO3.C7H8O3S.C2H6/c14-10-6-9(7-11(15)8-10)3-5-13-4-1-2-12(13)16;1-10-4-5-2-3-6(11-5)7(8)9;1-2/h6-8,14-15H,1-5H2;2-3H,4H2,1H3,(H,8,9);1-2H3. The molecule has 1 aromatic carbocycles. The fourth-order valence-electron chi connectivity index (χ4n) is 2.72. The summed E-state index contributed by atoms with van der Waals surface area (Å²) < 4.78 is 4.84. The number of aromatic carboxylic acids is 1. The van der Waals surface area contributed by atoms with Crippen molar-refractivity contribution in [1.29, 1.82) is 0 Å². The predicted molar refractivity (Wildman–Crippen MR) is 113 cm³/mol. The first-order valence-corrected chi connectivity index (χ1v) is 10.3. The van der Waals surface area contributed by atoms with E-state index in [1.54, 1.807) is 31.4 Å². The molecule has 2 aromatic rings. The van der Waals surface area contributed by atoms with Crippen molar-refractivity contribution in [3.05, 3.63) is 45.6 Å². The number of phenols is 2. The molecule has 0 unspecified atom stereocenters. The third-order valence-corrected chi connectivity index (χ3v) is 5.01. The number of methoxy groups -OCH3 is 1. The van der Waals surface area contributed by atoms with Gasteiger partial charge in [-0.1, -0.05) is 13.8 Å². The molecular weight excluding hydrogens is 394 g/mol. The second-order valence-electron chi connectivity index (χ2n) is 6.10. The van der Waals surface area contributed by atoms with Crippen LogP contribution in [0.5, 0.6) is 11.5 Å². The second kappa shape index (κ2) is 12.8. The normalized spacial score (nSPS) is 12.7. The van der Waals surface area contributed by atoms with Crippen LogP contribution < -0.4 is 0 Å². The maximum atomic E-state index is 11.4. The molecule has 7 nitrogen and oxygen atoms in total. The molecule has 0 aliphatic carbocycles. The highest BCUT2D eigenvalue weighted by Crippen LogP contribution is 2.21. The van der Waals surface area contributed by atoms with Gasteiger partial charge in [-0.05, 0) is 42.7 Å². The van der Waals surface area contributed by atoms with E-state index in [9.17, 15) is 19.8 Å². The zero-order chi connectivity index (χ0) is 21.8. The average Bonchev–Trinajstić information content (AvgIpc) is 3.31. The Balaban J connectivity index is 0.000000284. The molecule has 1 saturated heterocycles. The van der Waals surface area contributed by atoms with Gasteiger partial charge in [0.2, 0.25) is 5.91 Å². The van der Waals surface area contributed by atoms with Gasteiger partial charge in [0.05, 0.1) is 6.61 Å². The minimum atomic E-state index is -0.877. The van der Waals surface area contributed by atoms with Gasteiger partial charge in [-0.15, -0.1) is 11.3 Å². The predicted octanol–water partition coefficient (Wildman–Crippen LogP) is 3.88. The number of nitrogens with zero attached hydrogens (tertiary/aromatic N) is 1. The van der Waals surface area contributed by atoms with Gasteiger partial charge < -0.3 is 25.0 Å². The number of thiophene rings is 1. The van der Waals surface area contributed by atoms with E-state index in [0.29, 0.717) is 30.9 Å². The number of benzene rings is 1. The maximum absolute atomic E-state index is 11.4. The number of hydrogen-bond donors (Lipinski definition) is 3. The van der Waals surface area contributed by atoms with Gasteiger partial charge in [-0.25, -0.2) is 4.79 Å². The number of phenolic OH excluding ortho intramolecular Hbond substituents is 2. The smallest absolute Gasteiger partial charge is 0.345 e. The van der Waals surface area contributed by atoms with Crippen LogP contribution in [0.25, 0.3) is 0 Å². The monoisotopic (exact) mass is 423 g/mol. The molecule has 0 bridgehead atoms. The number of aromatic hydroxyl groups is 2. The molecule has 8 heteroatoms. The highest BCUT2D eigenvalue weighted by molar-refractivity contribution is 7.13. The lowest BCUT2D eigenvalue weighted by Crippen LogP contribution is -2.26. The molecule has 1 fully saturated rings. The molecule has 29 heavy (non-hydrogen) atoms. The maximum Gasteiger partial charge on any atom is 0.345 e. The van der Waals surface area contributed by atoms with Crippen molar-refractivity contribution in [2.24, 2.45) is 0 Å². The first-order chi connectivity index (χ1) is 13.9. The average molecular weight is 424 g/mol. The van der Waals surface area contributed by atoms with Crippen LogP contribution in [0.4, 0.5) is 0 Å². The summed E-state index contributed by atoms with van der Waals surface area (Å²) in [5, 5.41) is 27.1. The van der Waals surface area contributed by atoms with Crippen molar-refractivity contribution in [2.45, 2.75) is 39.7 Å². The molecule has 160 valence electrons. The van der Waals surface area contributed by atoms with Crippen LogP contribution in [0, 0.1) is 0 Å². The lowest BCUT2D eigenvalue weighted by Gasteiger charge is -2.15. The highest BCUT2D eigenvalue weighted by atomic mass is 32.1. The molecular formula is C21H29NO6S. The third-order valence-electron chi connectivity index (χ3n) is 3.96. The van der Waals surface area contributed by atoms with Gasteiger partial charge in [0, 0.05) is 37.6 Å². The van der Waals surface area contributed by atoms with Crippen molar-refractivity contribution in [2.75, 3.05) is 20.2 Å². The van der Waals surface area contributed by atoms with E-state index in [1.165, 1.54) is 17.4 Å². The number of likely N-dealkylation sites (tertiary alicyclic amines) is 1. The Bertz CT molecular complexity index is 769. The summed E-state index contributed by atoms with van der Waals surface area (Å²) in [6, 6.07) is 7.87. The highest BCUT2D eigenvalue weighted by Gasteiger charge is 2.19. The first-order valence-electron chi connectivity index (χ1n) is 9.49. The quantitative estimate of drug-likeness (QED) is 0.651. The lowest BCUT2D eigenvalue weighted by atomic mass is 10.1. The summed E-state index contributed by atoms with van der Waals surface area (Å²) >= 11 is 1.24. The van der Waals surface area contributed by atoms with Gasteiger partial charge in [0.1, 0.15) is 16.4 Å². The lowest BCUT2D eigenvalue weighted by molar-refractivity contribution is -0.127. The summed E-state index contributed by atoms with van der Waals surface area (Å²) in [5.74, 6) is -0.563. The summed E-state index contributed by atoms with van der Waals surface area (Å²) in [4.78, 5) is 24.9. The Labute approximate surface area is 175 Å². The summed E-state index contributed by atoms with van der Waals surface area (Å²) in [5.41, 5.74) is 0.845. The van der Waals surface area contributed by atoms with Crippen molar-refractivity contribution in [3.63, 3.8) is 0 Å². The molecule has 0 saturated carbocycles. The number of carbonyl (C=O) groups is 2. The van der Waals surface area contributed by atoms with E-state index in [0.717, 1.165) is 23.4 Å². The van der Waals surface area contributed by atoms with Crippen molar-refractivity contribution in [3.8, 4) is 11.5 Å². The molecule has 0 spiro atoms. The Hall–Kier alpha value is -2.58. The number of carboxylic acids is 1. The topological polar surface area (TPSA) is 107 Å². The minimum Gasteiger partial charge on any atom is -0.508 e. The number of amides is 1. The Morgan fingerprint density at radius 3 is 2.31 bits per heavy atom. The fourth-order valence-corrected chi connectivity index (χ4v) is 3.54. The first kappa shape index (κ1) is 24.5. The molecule has 0 atom stereocenters. The van der Waals surface area contributed by atoms with Gasteiger partial charge in [0.15, 0.2) is 0 Å². The summed E-state index contributed by atoms with van der Waals surface area (Å²) in [7, 11) is 1.58.